The predicted molar refractivity (Wildman–Crippen MR) is 77.4 cm³/mol. The summed E-state index contributed by atoms with van der Waals surface area (Å²) in [6, 6.07) is 9.71. The van der Waals surface area contributed by atoms with E-state index < -0.39 is 11.8 Å². The zero-order chi connectivity index (χ0) is 15.4. The number of anilines is 1. The predicted octanol–water partition coefficient (Wildman–Crippen LogP) is 2.74. The SMILES string of the molecule is Nc1ccc(/C=C/C(=O)O)c(C(=O)c2ccc(F)cc2)c1. The number of carboxylic acid groups (broad SMARTS) is 1. The molecule has 106 valence electrons. The topological polar surface area (TPSA) is 80.4 Å². The molecule has 2 aromatic carbocycles. The molecule has 0 atom stereocenters. The van der Waals surface area contributed by atoms with Gasteiger partial charge < -0.3 is 10.8 Å². The summed E-state index contributed by atoms with van der Waals surface area (Å²) in [6.07, 6.45) is 2.26. The van der Waals surface area contributed by atoms with E-state index in [1.807, 2.05) is 0 Å². The van der Waals surface area contributed by atoms with Gasteiger partial charge in [-0.2, -0.15) is 0 Å². The number of hydrogen-bond acceptors (Lipinski definition) is 3. The summed E-state index contributed by atoms with van der Waals surface area (Å²) in [7, 11) is 0. The minimum Gasteiger partial charge on any atom is -0.478 e. The number of aliphatic carboxylic acids is 1. The molecule has 0 spiro atoms. The molecule has 0 heterocycles. The molecule has 5 heteroatoms. The molecule has 0 saturated heterocycles. The van der Waals surface area contributed by atoms with Crippen molar-refractivity contribution in [1.29, 1.82) is 0 Å². The third kappa shape index (κ3) is 3.54. The van der Waals surface area contributed by atoms with Gasteiger partial charge in [0.05, 0.1) is 0 Å². The van der Waals surface area contributed by atoms with E-state index in [9.17, 15) is 14.0 Å². The Morgan fingerprint density at radius 2 is 1.76 bits per heavy atom. The van der Waals surface area contributed by atoms with Gasteiger partial charge in [-0.15, -0.1) is 0 Å². The molecule has 0 aliphatic carbocycles. The van der Waals surface area contributed by atoms with Crippen molar-refractivity contribution in [2.75, 3.05) is 5.73 Å². The van der Waals surface area contributed by atoms with Crippen LogP contribution in [-0.2, 0) is 4.79 Å². The van der Waals surface area contributed by atoms with Crippen LogP contribution in [0.25, 0.3) is 6.08 Å². The van der Waals surface area contributed by atoms with Crippen LogP contribution in [0.1, 0.15) is 21.5 Å². The third-order valence-corrected chi connectivity index (χ3v) is 2.83. The van der Waals surface area contributed by atoms with Crippen molar-refractivity contribution in [2.45, 2.75) is 0 Å². The van der Waals surface area contributed by atoms with Gasteiger partial charge >= 0.3 is 5.97 Å². The van der Waals surface area contributed by atoms with Gasteiger partial charge in [0.25, 0.3) is 0 Å². The Kier molecular flexibility index (Phi) is 4.13. The van der Waals surface area contributed by atoms with Gasteiger partial charge in [0, 0.05) is 22.9 Å². The summed E-state index contributed by atoms with van der Waals surface area (Å²) < 4.78 is 12.9. The van der Waals surface area contributed by atoms with Crippen LogP contribution in [-0.4, -0.2) is 16.9 Å². The number of hydrogen-bond donors (Lipinski definition) is 2. The smallest absolute Gasteiger partial charge is 0.328 e. The molecule has 0 fully saturated rings. The van der Waals surface area contributed by atoms with Crippen LogP contribution in [0.15, 0.2) is 48.5 Å². The summed E-state index contributed by atoms with van der Waals surface area (Å²) in [5, 5.41) is 8.67. The molecule has 2 aromatic rings. The van der Waals surface area contributed by atoms with Gasteiger partial charge in [-0.05, 0) is 48.0 Å². The molecule has 0 amide bonds. The number of rotatable bonds is 4. The Balaban J connectivity index is 2.46. The first-order valence-corrected chi connectivity index (χ1v) is 6.08. The second kappa shape index (κ2) is 6.00. The van der Waals surface area contributed by atoms with E-state index in [0.717, 1.165) is 6.08 Å². The molecule has 4 nitrogen and oxygen atoms in total. The van der Waals surface area contributed by atoms with Crippen LogP contribution >= 0.6 is 0 Å². The normalized spacial score (nSPS) is 10.7. The van der Waals surface area contributed by atoms with Gasteiger partial charge in [-0.3, -0.25) is 4.79 Å². The van der Waals surface area contributed by atoms with Crippen LogP contribution in [0, 0.1) is 5.82 Å². The van der Waals surface area contributed by atoms with Gasteiger partial charge in [-0.1, -0.05) is 6.07 Å². The van der Waals surface area contributed by atoms with Crippen LogP contribution < -0.4 is 5.73 Å². The largest absolute Gasteiger partial charge is 0.478 e. The van der Waals surface area contributed by atoms with Crippen LogP contribution in [0.4, 0.5) is 10.1 Å². The number of carboxylic acids is 1. The van der Waals surface area contributed by atoms with E-state index in [-0.39, 0.29) is 11.3 Å². The zero-order valence-corrected chi connectivity index (χ0v) is 10.9. The fourth-order valence-corrected chi connectivity index (χ4v) is 1.83. The zero-order valence-electron chi connectivity index (χ0n) is 10.9. The fraction of sp³-hybridized carbons (Fsp3) is 0. The van der Waals surface area contributed by atoms with Crippen molar-refractivity contribution in [1.82, 2.24) is 0 Å². The lowest BCUT2D eigenvalue weighted by atomic mass is 9.97. The molecule has 0 aliphatic rings. The molecule has 0 unspecified atom stereocenters. The Labute approximate surface area is 120 Å². The fourth-order valence-electron chi connectivity index (χ4n) is 1.83. The van der Waals surface area contributed by atoms with Gasteiger partial charge in [-0.25, -0.2) is 9.18 Å². The highest BCUT2D eigenvalue weighted by Gasteiger charge is 2.13. The molecule has 0 aliphatic heterocycles. The van der Waals surface area contributed by atoms with Crippen LogP contribution in [0.3, 0.4) is 0 Å². The van der Waals surface area contributed by atoms with Gasteiger partial charge in [0.2, 0.25) is 0 Å². The average molecular weight is 285 g/mol. The second-order valence-corrected chi connectivity index (χ2v) is 4.35. The first-order valence-electron chi connectivity index (χ1n) is 6.08. The molecule has 0 saturated carbocycles. The molecular formula is C16H12FNO3. The summed E-state index contributed by atoms with van der Waals surface area (Å²) in [6.45, 7) is 0. The van der Waals surface area contributed by atoms with E-state index in [2.05, 4.69) is 0 Å². The Bertz CT molecular complexity index is 721. The van der Waals surface area contributed by atoms with Crippen molar-refractivity contribution in [3.63, 3.8) is 0 Å². The van der Waals surface area contributed by atoms with E-state index in [4.69, 9.17) is 10.8 Å². The molecule has 0 bridgehead atoms. The molecule has 21 heavy (non-hydrogen) atoms. The summed E-state index contributed by atoms with van der Waals surface area (Å²) in [4.78, 5) is 23.0. The lowest BCUT2D eigenvalue weighted by Crippen LogP contribution is -2.05. The summed E-state index contributed by atoms with van der Waals surface area (Å²) in [5.74, 6) is -1.91. The van der Waals surface area contributed by atoms with Crippen molar-refractivity contribution >= 4 is 23.5 Å². The molecule has 0 aromatic heterocycles. The molecule has 0 radical (unpaired) electrons. The summed E-state index contributed by atoms with van der Waals surface area (Å²) >= 11 is 0. The van der Waals surface area contributed by atoms with Crippen molar-refractivity contribution in [2.24, 2.45) is 0 Å². The number of carbonyl (C=O) groups is 2. The van der Waals surface area contributed by atoms with Gasteiger partial charge in [0.15, 0.2) is 5.78 Å². The van der Waals surface area contributed by atoms with Crippen LogP contribution in [0.5, 0.6) is 0 Å². The monoisotopic (exact) mass is 285 g/mol. The standard InChI is InChI=1S/C16H12FNO3/c17-12-5-1-11(2-6-12)16(21)14-9-13(18)7-3-10(14)4-8-15(19)20/h1-9H,18H2,(H,19,20)/b8-4+. The maximum absolute atomic E-state index is 12.9. The number of ketones is 1. The first-order chi connectivity index (χ1) is 9.97. The summed E-state index contributed by atoms with van der Waals surface area (Å²) in [5.41, 5.74) is 7.05. The number of carbonyl (C=O) groups excluding carboxylic acids is 1. The highest BCUT2D eigenvalue weighted by Crippen LogP contribution is 2.19. The van der Waals surface area contributed by atoms with E-state index >= 15 is 0 Å². The number of halogens is 1. The first kappa shape index (κ1) is 14.5. The minimum absolute atomic E-state index is 0.263. The Morgan fingerprint density at radius 3 is 2.38 bits per heavy atom. The Morgan fingerprint density at radius 1 is 1.10 bits per heavy atom. The highest BCUT2D eigenvalue weighted by molar-refractivity contribution is 6.11. The van der Waals surface area contributed by atoms with E-state index in [1.54, 1.807) is 12.1 Å². The molecule has 3 N–H and O–H groups in total. The second-order valence-electron chi connectivity index (χ2n) is 4.35. The maximum atomic E-state index is 12.9. The van der Waals surface area contributed by atoms with E-state index in [0.29, 0.717) is 16.8 Å². The molecular weight excluding hydrogens is 273 g/mol. The lowest BCUT2D eigenvalue weighted by Gasteiger charge is -2.07. The average Bonchev–Trinajstić information content (AvgIpc) is 2.46. The lowest BCUT2D eigenvalue weighted by molar-refractivity contribution is -0.131. The maximum Gasteiger partial charge on any atom is 0.328 e. The number of nitrogen functional groups attached to an aromatic ring is 1. The third-order valence-electron chi connectivity index (χ3n) is 2.83. The van der Waals surface area contributed by atoms with Crippen molar-refractivity contribution in [3.8, 4) is 0 Å². The van der Waals surface area contributed by atoms with Crippen LogP contribution in [0.2, 0.25) is 0 Å². The minimum atomic E-state index is -1.12. The highest BCUT2D eigenvalue weighted by atomic mass is 19.1. The number of nitrogens with two attached hydrogens (primary N) is 1. The number of benzene rings is 2. The van der Waals surface area contributed by atoms with Crippen molar-refractivity contribution < 1.29 is 19.1 Å². The van der Waals surface area contributed by atoms with Crippen molar-refractivity contribution in [3.05, 3.63) is 71.0 Å². The van der Waals surface area contributed by atoms with E-state index in [1.165, 1.54) is 36.4 Å². The Hall–Kier alpha value is -2.95. The molecule has 2 rings (SSSR count). The van der Waals surface area contributed by atoms with Gasteiger partial charge in [0.1, 0.15) is 5.82 Å². The quantitative estimate of drug-likeness (QED) is 0.514.